The van der Waals surface area contributed by atoms with Crippen LogP contribution >= 0.6 is 15.9 Å². The zero-order valence-electron chi connectivity index (χ0n) is 34.3. The second kappa shape index (κ2) is 18.8. The van der Waals surface area contributed by atoms with Gasteiger partial charge < -0.3 is 53.6 Å². The summed E-state index contributed by atoms with van der Waals surface area (Å²) in [7, 11) is 3.73. The number of fused-ring (bicyclic) bond motifs is 5. The maximum Gasteiger partial charge on any atom is 0.316 e. The third-order valence-electron chi connectivity index (χ3n) is 11.4. The summed E-state index contributed by atoms with van der Waals surface area (Å²) in [6.07, 6.45) is -4.84. The van der Waals surface area contributed by atoms with Crippen LogP contribution in [0.1, 0.15) is 79.9 Å². The Kier molecular flexibility index (Phi) is 14.8. The van der Waals surface area contributed by atoms with Crippen molar-refractivity contribution >= 4 is 39.1 Å². The number of ether oxygens (including phenoxy) is 5. The molecular weight excluding hydrogens is 806 g/mol. The average molecular weight is 865 g/mol. The van der Waals surface area contributed by atoms with E-state index >= 15 is 0 Å². The van der Waals surface area contributed by atoms with Gasteiger partial charge in [0.05, 0.1) is 42.8 Å². The Morgan fingerprint density at radius 1 is 1.12 bits per heavy atom. The summed E-state index contributed by atoms with van der Waals surface area (Å²) in [6, 6.07) is 6.82. The van der Waals surface area contributed by atoms with Gasteiger partial charge in [0.2, 0.25) is 0 Å². The van der Waals surface area contributed by atoms with Crippen molar-refractivity contribution in [2.45, 2.75) is 135 Å². The molecule has 0 aromatic carbocycles. The number of Topliss-reactive ketones (excluding diaryl/α,β-unsaturated/α-hetero) is 1. The van der Waals surface area contributed by atoms with Crippen LogP contribution in [0.4, 0.5) is 0 Å². The zero-order chi connectivity index (χ0) is 41.8. The average Bonchev–Trinajstić information content (AvgIpc) is 3.63. The topological polar surface area (TPSA) is 208 Å². The number of hydrogen-bond acceptors (Lipinski definition) is 16. The number of likely N-dealkylation sites (N-methyl/N-ethyl adjacent to an activating group) is 1. The number of pyridine rings is 1. The zero-order valence-corrected chi connectivity index (χ0v) is 35.9. The predicted molar refractivity (Wildman–Crippen MR) is 211 cm³/mol. The van der Waals surface area contributed by atoms with Crippen LogP contribution in [0.15, 0.2) is 38.5 Å². The van der Waals surface area contributed by atoms with Crippen molar-refractivity contribution in [2.75, 3.05) is 27.3 Å². The van der Waals surface area contributed by atoms with Gasteiger partial charge in [-0.15, -0.1) is 0 Å². The van der Waals surface area contributed by atoms with E-state index in [1.807, 2.05) is 38.9 Å². The second-order valence-electron chi connectivity index (χ2n) is 16.3. The van der Waals surface area contributed by atoms with Crippen molar-refractivity contribution in [1.29, 1.82) is 5.41 Å². The Bertz CT molecular complexity index is 1760. The lowest BCUT2D eigenvalue weighted by Crippen LogP contribution is -2.59. The fourth-order valence-corrected chi connectivity index (χ4v) is 8.26. The Labute approximate surface area is 342 Å². The minimum Gasteiger partial charge on any atom is -0.459 e. The van der Waals surface area contributed by atoms with Gasteiger partial charge in [0, 0.05) is 30.2 Å². The van der Waals surface area contributed by atoms with Crippen molar-refractivity contribution in [2.24, 2.45) is 22.9 Å². The number of oxime groups is 1. The van der Waals surface area contributed by atoms with Crippen LogP contribution in [-0.4, -0.2) is 130 Å². The number of halogens is 1. The van der Waals surface area contributed by atoms with Crippen LogP contribution in [0.3, 0.4) is 0 Å². The number of aliphatic hydroxyl groups excluding tert-OH is 1. The number of esters is 1. The van der Waals surface area contributed by atoms with E-state index in [4.69, 9.17) is 33.0 Å². The molecule has 0 aliphatic carbocycles. The summed E-state index contributed by atoms with van der Waals surface area (Å²) < 4.78 is 38.1. The molecule has 3 aliphatic heterocycles. The number of nitrogens with zero attached hydrogens (tertiary/aromatic N) is 4. The standard InChI is InChI=1S/C40H58BrN5O11/c1-10-31-40(7,50)32-16-27(42)21(2)17-39(6,52-19-25(18-51-32)44-53-20-26-15-29(45-57-26)28-12-11-13-33(41)43-28)36(23(4)34(47)24(5)37(49)55-31)56-38-35(48)30(46(8)9)14-22(3)54-38/h11-13,15,21-24,30-32,35-36,38,42,48,50H,10,14,16-20H2,1-9H3/b42-27?,44-25-/t21-,22-,23+,24-,30+,31+,32+,35-,36-,38+,39-,40-/m1/s1. The highest BCUT2D eigenvalue weighted by Crippen LogP contribution is 2.39. The van der Waals surface area contributed by atoms with Gasteiger partial charge in [-0.3, -0.25) is 9.59 Å². The number of aromatic nitrogens is 2. The number of carbonyl (C=O) groups excluding carboxylic acids is 2. The SMILES string of the molecule is CC[C@@H]1OC(=O)[C@H](C)C(=O)[C@H](C)[C@@H](O[C@@H]2O[C@H](C)C[C@H](N(C)C)[C@H]2O)[C@@]2(C)C[C@@H](C)C(=N)C[C@H](OC/C(=N/OCc3cc(-c4cccc(Br)n4)no3)CO2)[C@]1(C)O. The van der Waals surface area contributed by atoms with Crippen molar-refractivity contribution in [3.8, 4) is 11.4 Å². The van der Waals surface area contributed by atoms with E-state index in [0.29, 0.717) is 28.2 Å². The molecule has 0 radical (unpaired) electrons. The number of ketones is 1. The minimum absolute atomic E-state index is 0.0149. The van der Waals surface area contributed by atoms with Crippen LogP contribution in [0.25, 0.3) is 11.4 Å². The van der Waals surface area contributed by atoms with Gasteiger partial charge in [-0.2, -0.15) is 0 Å². The van der Waals surface area contributed by atoms with Crippen LogP contribution in [0, 0.1) is 23.2 Å². The Hall–Kier alpha value is -3.16. The van der Waals surface area contributed by atoms with E-state index in [0.717, 1.165) is 0 Å². The van der Waals surface area contributed by atoms with Crippen molar-refractivity contribution < 1.29 is 52.8 Å². The molecule has 57 heavy (non-hydrogen) atoms. The number of aliphatic hydroxyl groups is 2. The summed E-state index contributed by atoms with van der Waals surface area (Å²) in [5, 5.41) is 41.3. The molecule has 0 amide bonds. The highest BCUT2D eigenvalue weighted by atomic mass is 79.9. The van der Waals surface area contributed by atoms with E-state index in [2.05, 4.69) is 31.2 Å². The molecule has 12 atom stereocenters. The largest absolute Gasteiger partial charge is 0.459 e. The van der Waals surface area contributed by atoms with Gasteiger partial charge in [-0.05, 0) is 95.0 Å². The molecule has 2 bridgehead atoms. The van der Waals surface area contributed by atoms with Gasteiger partial charge in [0.25, 0.3) is 0 Å². The lowest BCUT2D eigenvalue weighted by molar-refractivity contribution is -0.296. The normalized spacial score (nSPS) is 37.0. The lowest BCUT2D eigenvalue weighted by Gasteiger charge is -2.47. The van der Waals surface area contributed by atoms with Crippen LogP contribution in [-0.2, 0) is 44.7 Å². The van der Waals surface area contributed by atoms with Gasteiger partial charge in [-0.25, -0.2) is 4.98 Å². The highest BCUT2D eigenvalue weighted by Gasteiger charge is 2.51. The van der Waals surface area contributed by atoms with E-state index in [1.54, 1.807) is 39.0 Å². The van der Waals surface area contributed by atoms with Crippen LogP contribution < -0.4 is 0 Å². The molecule has 5 rings (SSSR count). The van der Waals surface area contributed by atoms with Gasteiger partial charge in [-0.1, -0.05) is 37.1 Å². The maximum atomic E-state index is 14.3. The molecule has 3 aliphatic rings. The number of carbonyl (C=O) groups is 2. The number of hydrogen-bond donors (Lipinski definition) is 3. The van der Waals surface area contributed by atoms with Gasteiger partial charge in [0.1, 0.15) is 39.7 Å². The fraction of sp³-hybridized carbons (Fsp3) is 0.700. The Morgan fingerprint density at radius 2 is 1.86 bits per heavy atom. The lowest BCUT2D eigenvalue weighted by atomic mass is 9.76. The first-order valence-electron chi connectivity index (χ1n) is 19.6. The minimum atomic E-state index is -1.78. The molecule has 2 aromatic heterocycles. The molecule has 3 saturated heterocycles. The molecule has 17 heteroatoms. The summed E-state index contributed by atoms with van der Waals surface area (Å²) >= 11 is 3.37. The molecule has 16 nitrogen and oxygen atoms in total. The molecule has 316 valence electrons. The molecule has 0 saturated carbocycles. The number of rotatable bonds is 8. The summed E-state index contributed by atoms with van der Waals surface area (Å²) in [4.78, 5) is 40.1. The predicted octanol–water partition coefficient (Wildman–Crippen LogP) is 4.72. The molecule has 0 spiro atoms. The van der Waals surface area contributed by atoms with E-state index in [-0.39, 0.29) is 62.7 Å². The molecule has 5 heterocycles. The maximum absolute atomic E-state index is 14.3. The van der Waals surface area contributed by atoms with Gasteiger partial charge >= 0.3 is 5.97 Å². The first-order chi connectivity index (χ1) is 26.8. The Morgan fingerprint density at radius 3 is 2.54 bits per heavy atom. The van der Waals surface area contributed by atoms with Crippen molar-refractivity contribution in [1.82, 2.24) is 15.0 Å². The van der Waals surface area contributed by atoms with E-state index in [1.165, 1.54) is 13.8 Å². The molecule has 0 unspecified atom stereocenters. The Balaban J connectivity index is 1.55. The van der Waals surface area contributed by atoms with Crippen LogP contribution in [0.5, 0.6) is 0 Å². The fourth-order valence-electron chi connectivity index (χ4n) is 7.92. The summed E-state index contributed by atoms with van der Waals surface area (Å²) in [5.41, 5.74) is -1.50. The van der Waals surface area contributed by atoms with E-state index < -0.39 is 71.4 Å². The first-order valence-corrected chi connectivity index (χ1v) is 20.3. The molecule has 3 fully saturated rings. The highest BCUT2D eigenvalue weighted by molar-refractivity contribution is 9.10. The second-order valence-corrected chi connectivity index (χ2v) is 17.1. The first kappa shape index (κ1) is 44.9. The third-order valence-corrected chi connectivity index (χ3v) is 11.9. The molecular formula is C40H58BrN5O11. The third kappa shape index (κ3) is 10.5. The summed E-state index contributed by atoms with van der Waals surface area (Å²) in [6.45, 7) is 11.5. The smallest absolute Gasteiger partial charge is 0.316 e. The number of nitrogens with one attached hydrogen (secondary N) is 1. The summed E-state index contributed by atoms with van der Waals surface area (Å²) in [5.74, 6) is -3.63. The molecule has 2 aromatic rings. The van der Waals surface area contributed by atoms with E-state index in [9.17, 15) is 25.2 Å². The van der Waals surface area contributed by atoms with Gasteiger partial charge in [0.15, 0.2) is 24.4 Å². The quantitative estimate of drug-likeness (QED) is 0.142. The number of cyclic esters (lactones) is 1. The molecule has 3 N–H and O–H groups in total. The van der Waals surface area contributed by atoms with Crippen molar-refractivity contribution in [3.05, 3.63) is 34.6 Å². The monoisotopic (exact) mass is 863 g/mol. The van der Waals surface area contributed by atoms with Crippen molar-refractivity contribution in [3.63, 3.8) is 0 Å². The van der Waals surface area contributed by atoms with Crippen LogP contribution in [0.2, 0.25) is 0 Å².